The number of amides is 2. The molecule has 0 radical (unpaired) electrons. The first kappa shape index (κ1) is 19.4. The van der Waals surface area contributed by atoms with Crippen LogP contribution < -0.4 is 0 Å². The molecule has 25 heavy (non-hydrogen) atoms. The van der Waals surface area contributed by atoms with Crippen LogP contribution in [0, 0.1) is 12.8 Å². The average Bonchev–Trinajstić information content (AvgIpc) is 3.00. The molecular formula is C17H25N3O4S. The molecule has 1 fully saturated rings. The number of hydrogen-bond acceptors (Lipinski definition) is 5. The van der Waals surface area contributed by atoms with Gasteiger partial charge in [-0.15, -0.1) is 11.3 Å². The van der Waals surface area contributed by atoms with Crippen molar-refractivity contribution in [2.45, 2.75) is 39.0 Å². The molecule has 1 aromatic heterocycles. The van der Waals surface area contributed by atoms with Gasteiger partial charge >= 0.3 is 5.97 Å². The SMILES string of the molecule is Cc1nc(CCCC(=O)N(C)CC(=O)N2CCCC(C(=O)O)C2)cs1. The van der Waals surface area contributed by atoms with Crippen LogP contribution in [0.3, 0.4) is 0 Å². The quantitative estimate of drug-likeness (QED) is 0.790. The lowest BCUT2D eigenvalue weighted by atomic mass is 9.98. The lowest BCUT2D eigenvalue weighted by molar-refractivity contribution is -0.147. The van der Waals surface area contributed by atoms with E-state index in [-0.39, 0.29) is 24.9 Å². The topological polar surface area (TPSA) is 90.8 Å². The van der Waals surface area contributed by atoms with Gasteiger partial charge < -0.3 is 14.9 Å². The van der Waals surface area contributed by atoms with Crippen molar-refractivity contribution in [3.63, 3.8) is 0 Å². The first-order valence-corrected chi connectivity index (χ1v) is 9.40. The van der Waals surface area contributed by atoms with Gasteiger partial charge in [0, 0.05) is 31.9 Å². The van der Waals surface area contributed by atoms with Crippen LogP contribution in [0.25, 0.3) is 0 Å². The summed E-state index contributed by atoms with van der Waals surface area (Å²) < 4.78 is 0. The fourth-order valence-electron chi connectivity index (χ4n) is 2.93. The third-order valence-corrected chi connectivity index (χ3v) is 5.23. The zero-order chi connectivity index (χ0) is 18.4. The molecule has 1 saturated heterocycles. The number of aryl methyl sites for hydroxylation is 2. The fourth-order valence-corrected chi connectivity index (χ4v) is 3.58. The lowest BCUT2D eigenvalue weighted by Crippen LogP contribution is -2.46. The van der Waals surface area contributed by atoms with E-state index >= 15 is 0 Å². The molecule has 1 aliphatic heterocycles. The van der Waals surface area contributed by atoms with Crippen molar-refractivity contribution in [2.24, 2.45) is 5.92 Å². The van der Waals surface area contributed by atoms with Crippen LogP contribution in [-0.4, -0.2) is 64.4 Å². The first-order valence-electron chi connectivity index (χ1n) is 8.52. The summed E-state index contributed by atoms with van der Waals surface area (Å²) in [5.74, 6) is -1.62. The van der Waals surface area contributed by atoms with Gasteiger partial charge in [-0.2, -0.15) is 0 Å². The second kappa shape index (κ2) is 8.94. The van der Waals surface area contributed by atoms with Crippen molar-refractivity contribution in [1.29, 1.82) is 0 Å². The molecule has 2 rings (SSSR count). The largest absolute Gasteiger partial charge is 0.481 e. The van der Waals surface area contributed by atoms with E-state index in [1.165, 1.54) is 4.90 Å². The lowest BCUT2D eigenvalue weighted by Gasteiger charge is -2.32. The van der Waals surface area contributed by atoms with Crippen LogP contribution in [0.4, 0.5) is 0 Å². The number of carbonyl (C=O) groups is 3. The molecule has 0 bridgehead atoms. The number of piperidine rings is 1. The van der Waals surface area contributed by atoms with Gasteiger partial charge in [-0.05, 0) is 32.6 Å². The Bertz CT molecular complexity index is 631. The first-order chi connectivity index (χ1) is 11.9. The third kappa shape index (κ3) is 5.81. The molecular weight excluding hydrogens is 342 g/mol. The van der Waals surface area contributed by atoms with E-state index in [1.54, 1.807) is 23.3 Å². The molecule has 1 aromatic rings. The molecule has 0 saturated carbocycles. The highest BCUT2D eigenvalue weighted by atomic mass is 32.1. The average molecular weight is 367 g/mol. The summed E-state index contributed by atoms with van der Waals surface area (Å²) in [4.78, 5) is 42.9. The van der Waals surface area contributed by atoms with E-state index in [2.05, 4.69) is 4.98 Å². The summed E-state index contributed by atoms with van der Waals surface area (Å²) in [7, 11) is 1.62. The maximum atomic E-state index is 12.3. The Balaban J connectivity index is 1.74. The smallest absolute Gasteiger partial charge is 0.308 e. The molecule has 0 aromatic carbocycles. The van der Waals surface area contributed by atoms with Gasteiger partial charge in [-0.25, -0.2) is 4.98 Å². The molecule has 0 spiro atoms. The molecule has 8 heteroatoms. The number of carboxylic acid groups (broad SMARTS) is 1. The maximum Gasteiger partial charge on any atom is 0.308 e. The zero-order valence-corrected chi connectivity index (χ0v) is 15.5. The van der Waals surface area contributed by atoms with Crippen LogP contribution in [0.1, 0.15) is 36.4 Å². The van der Waals surface area contributed by atoms with Crippen LogP contribution in [0.2, 0.25) is 0 Å². The van der Waals surface area contributed by atoms with E-state index < -0.39 is 11.9 Å². The minimum absolute atomic E-state index is 0.000974. The van der Waals surface area contributed by atoms with Gasteiger partial charge in [0.25, 0.3) is 0 Å². The molecule has 1 N–H and O–H groups in total. The highest BCUT2D eigenvalue weighted by Gasteiger charge is 2.28. The van der Waals surface area contributed by atoms with Crippen LogP contribution in [0.15, 0.2) is 5.38 Å². The van der Waals surface area contributed by atoms with Crippen molar-refractivity contribution in [3.8, 4) is 0 Å². The summed E-state index contributed by atoms with van der Waals surface area (Å²) in [6.07, 6.45) is 3.12. The Morgan fingerprint density at radius 2 is 2.20 bits per heavy atom. The Morgan fingerprint density at radius 3 is 2.84 bits per heavy atom. The summed E-state index contributed by atoms with van der Waals surface area (Å²) in [5, 5.41) is 12.1. The van der Waals surface area contributed by atoms with Gasteiger partial charge in [0.1, 0.15) is 0 Å². The fraction of sp³-hybridized carbons (Fsp3) is 0.647. The van der Waals surface area contributed by atoms with Gasteiger partial charge in [-0.3, -0.25) is 14.4 Å². The highest BCUT2D eigenvalue weighted by molar-refractivity contribution is 7.09. The number of nitrogens with zero attached hydrogens (tertiary/aromatic N) is 3. The van der Waals surface area contributed by atoms with Crippen LogP contribution in [-0.2, 0) is 20.8 Å². The van der Waals surface area contributed by atoms with Crippen molar-refractivity contribution in [2.75, 3.05) is 26.7 Å². The molecule has 1 aliphatic rings. The summed E-state index contributed by atoms with van der Waals surface area (Å²) in [6, 6.07) is 0. The van der Waals surface area contributed by atoms with Gasteiger partial charge in [-0.1, -0.05) is 0 Å². The Morgan fingerprint density at radius 1 is 1.44 bits per heavy atom. The van der Waals surface area contributed by atoms with E-state index in [0.717, 1.165) is 17.1 Å². The molecule has 1 unspecified atom stereocenters. The number of thiazole rings is 1. The van der Waals surface area contributed by atoms with Gasteiger partial charge in [0.15, 0.2) is 0 Å². The standard InChI is InChI=1S/C17H25N3O4S/c1-12-18-14(11-25-12)6-3-7-15(21)19(2)10-16(22)20-8-4-5-13(9-20)17(23)24/h11,13H,3-10H2,1-2H3,(H,23,24). The van der Waals surface area contributed by atoms with Crippen LogP contribution in [0.5, 0.6) is 0 Å². The number of carbonyl (C=O) groups excluding carboxylic acids is 2. The number of aromatic nitrogens is 1. The maximum absolute atomic E-state index is 12.3. The number of likely N-dealkylation sites (tertiary alicyclic amines) is 1. The van der Waals surface area contributed by atoms with E-state index in [1.807, 2.05) is 12.3 Å². The Hall–Kier alpha value is -1.96. The predicted octanol–water partition coefficient (Wildman–Crippen LogP) is 1.56. The molecule has 2 amide bonds. The number of likely N-dealkylation sites (N-methyl/N-ethyl adjacent to an activating group) is 1. The monoisotopic (exact) mass is 367 g/mol. The second-order valence-electron chi connectivity index (χ2n) is 6.48. The summed E-state index contributed by atoms with van der Waals surface area (Å²) >= 11 is 1.60. The third-order valence-electron chi connectivity index (χ3n) is 4.41. The Labute approximate surface area is 151 Å². The summed E-state index contributed by atoms with van der Waals surface area (Å²) in [5.41, 5.74) is 1.00. The minimum Gasteiger partial charge on any atom is -0.481 e. The molecule has 138 valence electrons. The number of aliphatic carboxylic acids is 1. The van der Waals surface area contributed by atoms with Crippen molar-refractivity contribution < 1.29 is 19.5 Å². The normalized spacial score (nSPS) is 17.4. The van der Waals surface area contributed by atoms with Crippen molar-refractivity contribution >= 4 is 29.1 Å². The van der Waals surface area contributed by atoms with Crippen molar-refractivity contribution in [1.82, 2.24) is 14.8 Å². The number of rotatable bonds is 7. The Kier molecular flexibility index (Phi) is 6.92. The van der Waals surface area contributed by atoms with E-state index in [0.29, 0.717) is 32.2 Å². The van der Waals surface area contributed by atoms with E-state index in [9.17, 15) is 14.4 Å². The van der Waals surface area contributed by atoms with Crippen LogP contribution >= 0.6 is 11.3 Å². The van der Waals surface area contributed by atoms with Gasteiger partial charge in [0.2, 0.25) is 11.8 Å². The summed E-state index contributed by atoms with van der Waals surface area (Å²) in [6.45, 7) is 2.75. The number of carboxylic acids is 1. The molecule has 7 nitrogen and oxygen atoms in total. The predicted molar refractivity (Wildman–Crippen MR) is 94.4 cm³/mol. The molecule has 1 atom stereocenters. The molecule has 0 aliphatic carbocycles. The van der Waals surface area contributed by atoms with Gasteiger partial charge in [0.05, 0.1) is 23.2 Å². The minimum atomic E-state index is -0.862. The zero-order valence-electron chi connectivity index (χ0n) is 14.7. The van der Waals surface area contributed by atoms with E-state index in [4.69, 9.17) is 5.11 Å². The van der Waals surface area contributed by atoms with Crippen molar-refractivity contribution in [3.05, 3.63) is 16.1 Å². The second-order valence-corrected chi connectivity index (χ2v) is 7.54. The number of hydrogen-bond donors (Lipinski definition) is 1. The highest BCUT2D eigenvalue weighted by Crippen LogP contribution is 2.17. The molecule has 2 heterocycles.